The normalized spacial score (nSPS) is 16.2. The fourth-order valence-corrected chi connectivity index (χ4v) is 1.21. The zero-order chi connectivity index (χ0) is 10.3. The van der Waals surface area contributed by atoms with Crippen molar-refractivity contribution in [2.24, 2.45) is 5.92 Å². The second-order valence-corrected chi connectivity index (χ2v) is 3.96. The van der Waals surface area contributed by atoms with Gasteiger partial charge in [0.05, 0.1) is 12.7 Å². The van der Waals surface area contributed by atoms with Gasteiger partial charge >= 0.3 is 0 Å². The minimum Gasteiger partial charge on any atom is -0.395 e. The van der Waals surface area contributed by atoms with E-state index < -0.39 is 0 Å². The summed E-state index contributed by atoms with van der Waals surface area (Å²) >= 11 is 0. The van der Waals surface area contributed by atoms with Gasteiger partial charge in [-0.2, -0.15) is 0 Å². The van der Waals surface area contributed by atoms with Crippen LogP contribution in [-0.4, -0.2) is 37.5 Å². The van der Waals surface area contributed by atoms with Gasteiger partial charge in [0, 0.05) is 19.7 Å². The Balaban J connectivity index is 3.59. The van der Waals surface area contributed by atoms with Gasteiger partial charge in [-0.1, -0.05) is 13.8 Å². The molecule has 2 unspecified atom stereocenters. The first-order chi connectivity index (χ1) is 6.10. The fourth-order valence-electron chi connectivity index (χ4n) is 1.21. The van der Waals surface area contributed by atoms with Gasteiger partial charge in [-0.15, -0.1) is 0 Å². The van der Waals surface area contributed by atoms with Crippen LogP contribution in [0.4, 0.5) is 0 Å². The van der Waals surface area contributed by atoms with E-state index in [2.05, 4.69) is 19.2 Å². The molecule has 13 heavy (non-hydrogen) atoms. The van der Waals surface area contributed by atoms with Gasteiger partial charge in [-0.05, 0) is 19.3 Å². The fraction of sp³-hybridized carbons (Fsp3) is 1.00. The Bertz CT molecular complexity index is 117. The molecule has 0 fully saturated rings. The molecule has 3 nitrogen and oxygen atoms in total. The Kier molecular flexibility index (Phi) is 7.23. The van der Waals surface area contributed by atoms with Crippen molar-refractivity contribution in [3.05, 3.63) is 0 Å². The number of methoxy groups -OCH3 is 1. The minimum atomic E-state index is 0.203. The molecular weight excluding hydrogens is 166 g/mol. The summed E-state index contributed by atoms with van der Waals surface area (Å²) in [4.78, 5) is 0. The van der Waals surface area contributed by atoms with E-state index in [-0.39, 0.29) is 18.8 Å². The molecular formula is C10H23NO2. The van der Waals surface area contributed by atoms with Crippen molar-refractivity contribution in [3.63, 3.8) is 0 Å². The minimum absolute atomic E-state index is 0.203. The van der Waals surface area contributed by atoms with Crippen LogP contribution in [0.2, 0.25) is 0 Å². The Morgan fingerprint density at radius 3 is 2.31 bits per heavy atom. The van der Waals surface area contributed by atoms with E-state index in [0.29, 0.717) is 5.92 Å². The monoisotopic (exact) mass is 189 g/mol. The van der Waals surface area contributed by atoms with Crippen LogP contribution in [0, 0.1) is 5.92 Å². The highest BCUT2D eigenvalue weighted by molar-refractivity contribution is 4.68. The molecule has 0 aliphatic rings. The van der Waals surface area contributed by atoms with Gasteiger partial charge in [0.25, 0.3) is 0 Å². The topological polar surface area (TPSA) is 41.5 Å². The van der Waals surface area contributed by atoms with Crippen LogP contribution in [0.25, 0.3) is 0 Å². The van der Waals surface area contributed by atoms with Crippen LogP contribution >= 0.6 is 0 Å². The van der Waals surface area contributed by atoms with E-state index in [9.17, 15) is 0 Å². The lowest BCUT2D eigenvalue weighted by molar-refractivity contribution is 0.108. The molecule has 2 N–H and O–H groups in total. The maximum atomic E-state index is 9.06. The van der Waals surface area contributed by atoms with Crippen molar-refractivity contribution in [1.29, 1.82) is 0 Å². The molecule has 0 aliphatic heterocycles. The summed E-state index contributed by atoms with van der Waals surface area (Å²) in [6.07, 6.45) is 1.22. The van der Waals surface area contributed by atoms with E-state index in [0.717, 1.165) is 13.0 Å². The molecule has 0 aromatic heterocycles. The Morgan fingerprint density at radius 2 is 1.92 bits per heavy atom. The van der Waals surface area contributed by atoms with Crippen molar-refractivity contribution < 1.29 is 9.84 Å². The van der Waals surface area contributed by atoms with E-state index in [4.69, 9.17) is 9.84 Å². The largest absolute Gasteiger partial charge is 0.395 e. The van der Waals surface area contributed by atoms with Gasteiger partial charge in [0.1, 0.15) is 0 Å². The molecule has 0 aromatic carbocycles. The summed E-state index contributed by atoms with van der Waals surface area (Å²) in [6, 6.07) is 0.206. The molecule has 0 aromatic rings. The molecule has 0 amide bonds. The van der Waals surface area contributed by atoms with Gasteiger partial charge in [-0.25, -0.2) is 0 Å². The molecule has 0 rings (SSSR count). The van der Waals surface area contributed by atoms with E-state index in [1.54, 1.807) is 7.11 Å². The lowest BCUT2D eigenvalue weighted by Crippen LogP contribution is -2.38. The number of aliphatic hydroxyl groups excluding tert-OH is 1. The number of hydrogen-bond donors (Lipinski definition) is 2. The van der Waals surface area contributed by atoms with Gasteiger partial charge < -0.3 is 15.2 Å². The van der Waals surface area contributed by atoms with Crippen LogP contribution in [0.3, 0.4) is 0 Å². The first-order valence-electron chi connectivity index (χ1n) is 4.97. The molecule has 0 bridgehead atoms. The lowest BCUT2D eigenvalue weighted by Gasteiger charge is -2.20. The maximum Gasteiger partial charge on any atom is 0.0667 e. The van der Waals surface area contributed by atoms with E-state index >= 15 is 0 Å². The van der Waals surface area contributed by atoms with Crippen LogP contribution < -0.4 is 5.32 Å². The molecule has 0 saturated carbocycles. The summed E-state index contributed by atoms with van der Waals surface area (Å²) < 4.78 is 5.11. The Labute approximate surface area is 81.5 Å². The molecule has 0 aliphatic carbocycles. The van der Waals surface area contributed by atoms with Crippen LogP contribution in [0.15, 0.2) is 0 Å². The third-order valence-electron chi connectivity index (χ3n) is 2.07. The molecule has 2 atom stereocenters. The second kappa shape index (κ2) is 7.30. The number of rotatable bonds is 7. The van der Waals surface area contributed by atoms with Crippen molar-refractivity contribution in [3.8, 4) is 0 Å². The first-order valence-corrected chi connectivity index (χ1v) is 4.97. The summed E-state index contributed by atoms with van der Waals surface area (Å²) in [6.45, 7) is 7.33. The number of hydrogen-bond acceptors (Lipinski definition) is 3. The maximum absolute atomic E-state index is 9.06. The van der Waals surface area contributed by atoms with E-state index in [1.807, 2.05) is 6.92 Å². The first kappa shape index (κ1) is 12.9. The van der Waals surface area contributed by atoms with Gasteiger partial charge in [-0.3, -0.25) is 0 Å². The highest BCUT2D eigenvalue weighted by atomic mass is 16.5. The third-order valence-corrected chi connectivity index (χ3v) is 2.07. The summed E-state index contributed by atoms with van der Waals surface area (Å²) in [5.74, 6) is 0.613. The molecule has 80 valence electrons. The molecule has 0 saturated heterocycles. The molecule has 3 heteroatoms. The number of aliphatic hydroxyl groups is 1. The van der Waals surface area contributed by atoms with Crippen LogP contribution in [0.5, 0.6) is 0 Å². The van der Waals surface area contributed by atoms with Gasteiger partial charge in [0.2, 0.25) is 0 Å². The van der Waals surface area contributed by atoms with Crippen molar-refractivity contribution in [2.75, 3.05) is 20.3 Å². The van der Waals surface area contributed by atoms with Crippen LogP contribution in [0.1, 0.15) is 27.2 Å². The number of ether oxygens (including phenoxy) is 1. The standard InChI is InChI=1S/C10H23NO2/c1-8(2)5-10(7-12)11-6-9(3)13-4/h8-12H,5-7H2,1-4H3. The third kappa shape index (κ3) is 6.99. The molecule has 0 radical (unpaired) electrons. The zero-order valence-electron chi connectivity index (χ0n) is 9.21. The average Bonchev–Trinajstić information content (AvgIpc) is 2.10. The summed E-state index contributed by atoms with van der Waals surface area (Å²) in [5.41, 5.74) is 0. The zero-order valence-corrected chi connectivity index (χ0v) is 9.21. The highest BCUT2D eigenvalue weighted by Crippen LogP contribution is 2.04. The Hall–Kier alpha value is -0.120. The summed E-state index contributed by atoms with van der Waals surface area (Å²) in [5, 5.41) is 12.3. The lowest BCUT2D eigenvalue weighted by atomic mass is 10.0. The second-order valence-electron chi connectivity index (χ2n) is 3.96. The van der Waals surface area contributed by atoms with Gasteiger partial charge in [0.15, 0.2) is 0 Å². The SMILES string of the molecule is COC(C)CNC(CO)CC(C)C. The quantitative estimate of drug-likeness (QED) is 0.628. The predicted octanol–water partition coefficient (Wildman–Crippen LogP) is 1.02. The smallest absolute Gasteiger partial charge is 0.0667 e. The van der Waals surface area contributed by atoms with E-state index in [1.165, 1.54) is 0 Å². The van der Waals surface area contributed by atoms with Crippen molar-refractivity contribution in [2.45, 2.75) is 39.3 Å². The van der Waals surface area contributed by atoms with Crippen LogP contribution in [-0.2, 0) is 4.74 Å². The molecule has 0 heterocycles. The molecule has 0 spiro atoms. The van der Waals surface area contributed by atoms with Crippen molar-refractivity contribution >= 4 is 0 Å². The summed E-state index contributed by atoms with van der Waals surface area (Å²) in [7, 11) is 1.70. The number of nitrogens with one attached hydrogen (secondary N) is 1. The average molecular weight is 189 g/mol. The Morgan fingerprint density at radius 1 is 1.31 bits per heavy atom. The highest BCUT2D eigenvalue weighted by Gasteiger charge is 2.10. The van der Waals surface area contributed by atoms with Crippen molar-refractivity contribution in [1.82, 2.24) is 5.32 Å². The predicted molar refractivity (Wildman–Crippen MR) is 54.8 cm³/mol.